The minimum Gasteiger partial charge on any atom is -0.394 e. The van der Waals surface area contributed by atoms with E-state index in [1.807, 2.05) is 6.92 Å². The number of carbonyl (C=O) groups is 1. The molecule has 2 saturated heterocycles. The van der Waals surface area contributed by atoms with Crippen LogP contribution in [0.15, 0.2) is 0 Å². The van der Waals surface area contributed by atoms with Gasteiger partial charge in [0.1, 0.15) is 61.0 Å². The lowest BCUT2D eigenvalue weighted by molar-refractivity contribution is -0.333. The van der Waals surface area contributed by atoms with E-state index in [0.717, 1.165) is 0 Å². The van der Waals surface area contributed by atoms with Crippen molar-refractivity contribution in [3.05, 3.63) is 0 Å². The van der Waals surface area contributed by atoms with Crippen LogP contribution in [0.4, 0.5) is 4.79 Å². The number of rotatable bonds is 11. The molecule has 0 aromatic carbocycles. The van der Waals surface area contributed by atoms with Gasteiger partial charge in [0.2, 0.25) is 0 Å². The third-order valence-electron chi connectivity index (χ3n) is 7.69. The van der Waals surface area contributed by atoms with Gasteiger partial charge in [-0.1, -0.05) is 6.92 Å². The Bertz CT molecular complexity index is 851. The SMILES string of the molecule is CCNC[C@H]1O[C@H](OC2[C@@H](N)C[C@@H](NC(=O)N(O)CCN)[C@H](O[C@H]3O[C@H](CO)[C@@H](O)[C@H](N)[C@H]3O)[C@H]2O)[C@H](O)[C@@H](O)[C@@H]1O. The molecule has 3 fully saturated rings. The van der Waals surface area contributed by atoms with E-state index < -0.39 is 104 Å². The van der Waals surface area contributed by atoms with Crippen molar-refractivity contribution >= 4 is 6.03 Å². The first-order valence-electron chi connectivity index (χ1n) is 13.9. The molecule has 2 aliphatic heterocycles. The predicted octanol–water partition coefficient (Wildman–Crippen LogP) is -7.24. The van der Waals surface area contributed by atoms with E-state index in [-0.39, 0.29) is 26.1 Å². The highest BCUT2D eigenvalue weighted by Gasteiger charge is 2.52. The number of hydrogen-bond donors (Lipinski definition) is 13. The second-order valence-electron chi connectivity index (χ2n) is 10.7. The maximum absolute atomic E-state index is 12.6. The number of aliphatic hydroxyl groups is 7. The largest absolute Gasteiger partial charge is 0.394 e. The van der Waals surface area contributed by atoms with Crippen LogP contribution < -0.4 is 27.8 Å². The molecule has 2 heterocycles. The van der Waals surface area contributed by atoms with Crippen LogP contribution in [-0.4, -0.2) is 177 Å². The van der Waals surface area contributed by atoms with Crippen LogP contribution in [0, 0.1) is 0 Å². The zero-order valence-electron chi connectivity index (χ0n) is 23.2. The highest BCUT2D eigenvalue weighted by atomic mass is 16.7. The molecule has 1 aliphatic carbocycles. The Kier molecular flexibility index (Phi) is 13.0. The molecule has 16 N–H and O–H groups in total. The number of hydrogen-bond acceptors (Lipinski definition) is 17. The fraction of sp³-hybridized carbons (Fsp3) is 0.957. The maximum Gasteiger partial charge on any atom is 0.341 e. The van der Waals surface area contributed by atoms with Gasteiger partial charge in [-0.3, -0.25) is 5.21 Å². The number of hydroxylamine groups is 2. The van der Waals surface area contributed by atoms with Crippen molar-refractivity contribution in [2.45, 2.75) is 105 Å². The van der Waals surface area contributed by atoms with Crippen LogP contribution >= 0.6 is 0 Å². The lowest BCUT2D eigenvalue weighted by Crippen LogP contribution is -2.69. The molecule has 0 bridgehead atoms. The lowest BCUT2D eigenvalue weighted by atomic mass is 9.83. The van der Waals surface area contributed by atoms with Gasteiger partial charge < -0.3 is 82.5 Å². The van der Waals surface area contributed by atoms with E-state index in [9.17, 15) is 45.7 Å². The summed E-state index contributed by atoms with van der Waals surface area (Å²) in [6, 6.07) is -4.50. The van der Waals surface area contributed by atoms with Gasteiger partial charge in [0.05, 0.1) is 25.2 Å². The number of nitrogens with zero attached hydrogens (tertiary/aromatic N) is 1. The summed E-state index contributed by atoms with van der Waals surface area (Å²) < 4.78 is 22.9. The number of nitrogens with one attached hydrogen (secondary N) is 2. The molecule has 0 aromatic rings. The zero-order chi connectivity index (χ0) is 31.3. The molecule has 19 nitrogen and oxygen atoms in total. The Morgan fingerprint density at radius 1 is 0.905 bits per heavy atom. The molecule has 1 unspecified atom stereocenters. The molecule has 3 aliphatic rings. The van der Waals surface area contributed by atoms with Gasteiger partial charge in [0.25, 0.3) is 0 Å². The summed E-state index contributed by atoms with van der Waals surface area (Å²) in [5.41, 5.74) is 17.6. The number of urea groups is 1. The Labute approximate surface area is 242 Å². The topological polar surface area (TPSA) is 321 Å². The smallest absolute Gasteiger partial charge is 0.341 e. The minimum absolute atomic E-state index is 0.0591. The first-order valence-corrected chi connectivity index (χ1v) is 13.9. The molecule has 19 heteroatoms. The number of amides is 2. The number of ether oxygens (including phenoxy) is 4. The Morgan fingerprint density at radius 3 is 2.14 bits per heavy atom. The Hall–Kier alpha value is -1.37. The first kappa shape index (κ1) is 35.1. The summed E-state index contributed by atoms with van der Waals surface area (Å²) in [4.78, 5) is 12.6. The quantitative estimate of drug-likeness (QED) is 0.0759. The predicted molar refractivity (Wildman–Crippen MR) is 139 cm³/mol. The molecular formula is C23H46N6O13. The standard InChI is InChI=1S/C23H46N6O13/c1-2-27-6-10-14(32)16(34)17(35)22(39-10)41-19-8(25)5-9(28-23(37)29(38)4-3-24)20(18(19)36)42-21-15(33)12(26)13(31)11(7-30)40-21/h8-22,27,30-36,38H,2-7,24-26H2,1H3,(H,28,37)/t8-,9+,10+,11+,12-,13+,14+,15+,16-,17+,18-,19?,20-,21+,22+/m0/s1. The minimum atomic E-state index is -1.73. The van der Waals surface area contributed by atoms with Gasteiger partial charge in [0, 0.05) is 19.1 Å². The van der Waals surface area contributed by atoms with E-state index in [1.54, 1.807) is 0 Å². The van der Waals surface area contributed by atoms with Crippen LogP contribution in [-0.2, 0) is 18.9 Å². The van der Waals surface area contributed by atoms with Gasteiger partial charge in [-0.05, 0) is 13.0 Å². The Balaban J connectivity index is 1.84. The van der Waals surface area contributed by atoms with E-state index in [0.29, 0.717) is 11.6 Å². The van der Waals surface area contributed by atoms with Crippen LogP contribution in [0.25, 0.3) is 0 Å². The lowest BCUT2D eigenvalue weighted by Gasteiger charge is -2.49. The molecule has 0 spiro atoms. The molecular weight excluding hydrogens is 568 g/mol. The summed E-state index contributed by atoms with van der Waals surface area (Å²) in [6.07, 6.45) is -18.0. The number of carbonyl (C=O) groups excluding carboxylic acids is 1. The summed E-state index contributed by atoms with van der Waals surface area (Å²) in [5.74, 6) is 0. The summed E-state index contributed by atoms with van der Waals surface area (Å²) >= 11 is 0. The number of aliphatic hydroxyl groups excluding tert-OH is 7. The molecule has 0 aromatic heterocycles. The highest BCUT2D eigenvalue weighted by molar-refractivity contribution is 5.73. The van der Waals surface area contributed by atoms with Gasteiger partial charge >= 0.3 is 6.03 Å². The van der Waals surface area contributed by atoms with Gasteiger partial charge in [-0.25, -0.2) is 9.86 Å². The third-order valence-corrected chi connectivity index (χ3v) is 7.69. The second kappa shape index (κ2) is 15.6. The van der Waals surface area contributed by atoms with Crippen LogP contribution in [0.3, 0.4) is 0 Å². The van der Waals surface area contributed by atoms with Crippen molar-refractivity contribution in [2.75, 3.05) is 32.8 Å². The summed E-state index contributed by atoms with van der Waals surface area (Å²) in [6.45, 7) is 1.49. The average Bonchev–Trinajstić information content (AvgIpc) is 2.96. The van der Waals surface area contributed by atoms with Crippen molar-refractivity contribution in [2.24, 2.45) is 17.2 Å². The van der Waals surface area contributed by atoms with Gasteiger partial charge in [0.15, 0.2) is 12.6 Å². The summed E-state index contributed by atoms with van der Waals surface area (Å²) in [5, 5.41) is 88.7. The monoisotopic (exact) mass is 614 g/mol. The zero-order valence-corrected chi connectivity index (χ0v) is 23.2. The normalized spacial score (nSPS) is 44.5. The van der Waals surface area contributed by atoms with Crippen LogP contribution in [0.1, 0.15) is 13.3 Å². The average molecular weight is 615 g/mol. The molecule has 0 radical (unpaired) electrons. The van der Waals surface area contributed by atoms with E-state index >= 15 is 0 Å². The van der Waals surface area contributed by atoms with Crippen molar-refractivity contribution < 1.29 is 64.7 Å². The maximum atomic E-state index is 12.6. The fourth-order valence-corrected chi connectivity index (χ4v) is 5.22. The van der Waals surface area contributed by atoms with Gasteiger partial charge in [-0.15, -0.1) is 0 Å². The molecule has 2 amide bonds. The summed E-state index contributed by atoms with van der Waals surface area (Å²) in [7, 11) is 0. The van der Waals surface area contributed by atoms with Crippen LogP contribution in [0.2, 0.25) is 0 Å². The van der Waals surface area contributed by atoms with E-state index in [4.69, 9.17) is 36.1 Å². The van der Waals surface area contributed by atoms with E-state index in [1.165, 1.54) is 0 Å². The molecule has 42 heavy (non-hydrogen) atoms. The van der Waals surface area contributed by atoms with Crippen molar-refractivity contribution in [3.63, 3.8) is 0 Å². The van der Waals surface area contributed by atoms with Crippen molar-refractivity contribution in [1.29, 1.82) is 0 Å². The number of likely N-dealkylation sites (N-methyl/N-ethyl adjacent to an activating group) is 1. The molecule has 246 valence electrons. The van der Waals surface area contributed by atoms with Crippen molar-refractivity contribution in [1.82, 2.24) is 15.7 Å². The Morgan fingerprint density at radius 2 is 1.52 bits per heavy atom. The fourth-order valence-electron chi connectivity index (χ4n) is 5.22. The van der Waals surface area contributed by atoms with Crippen LogP contribution in [0.5, 0.6) is 0 Å². The highest BCUT2D eigenvalue weighted by Crippen LogP contribution is 2.32. The number of nitrogens with two attached hydrogens (primary N) is 3. The van der Waals surface area contributed by atoms with Crippen molar-refractivity contribution in [3.8, 4) is 0 Å². The third kappa shape index (κ3) is 7.82. The molecule has 3 rings (SSSR count). The second-order valence-corrected chi connectivity index (χ2v) is 10.7. The molecule has 15 atom stereocenters. The van der Waals surface area contributed by atoms with Gasteiger partial charge in [-0.2, -0.15) is 0 Å². The molecule has 1 saturated carbocycles. The first-order chi connectivity index (χ1) is 19.9. The van der Waals surface area contributed by atoms with E-state index in [2.05, 4.69) is 10.6 Å².